The summed E-state index contributed by atoms with van der Waals surface area (Å²) >= 11 is 2.10. The van der Waals surface area contributed by atoms with Crippen LogP contribution >= 0.6 is 11.8 Å². The van der Waals surface area contributed by atoms with Crippen LogP contribution in [0.1, 0.15) is 149 Å². The van der Waals surface area contributed by atoms with Crippen LogP contribution in [0, 0.1) is 45.3 Å². The van der Waals surface area contributed by atoms with Gasteiger partial charge in [-0.05, 0) is 123 Å². The lowest BCUT2D eigenvalue weighted by Crippen LogP contribution is -2.74. The molecule has 7 aliphatic rings. The molecule has 2 aliphatic carbocycles. The second kappa shape index (κ2) is 21.9. The number of ether oxygens (including phenoxy) is 3. The number of piperidine rings is 1. The number of unbranched alkanes of at least 4 members (excludes halogenated alkanes) is 1. The van der Waals surface area contributed by atoms with Crippen LogP contribution in [0.25, 0.3) is 0 Å². The molecule has 1 amide bonds. The number of hydrogen-bond acceptors (Lipinski definition) is 14. The molecule has 15 heteroatoms. The van der Waals surface area contributed by atoms with Crippen molar-refractivity contribution in [3.05, 3.63) is 77.1 Å². The number of carbonyl (C=O) groups excluding carboxylic acids is 1. The van der Waals surface area contributed by atoms with E-state index in [0.29, 0.717) is 52.1 Å². The van der Waals surface area contributed by atoms with Crippen molar-refractivity contribution in [1.29, 1.82) is 5.26 Å². The fraction of sp³-hybridized carbons (Fsp3) is 0.667. The molecule has 10 rings (SSSR count). The first-order valence-electron chi connectivity index (χ1n) is 27.4. The number of amides is 1. The maximum Gasteiger partial charge on any atom is 0.254 e. The van der Waals surface area contributed by atoms with Crippen LogP contribution < -0.4 is 35.9 Å². The highest BCUT2D eigenvalue weighted by Crippen LogP contribution is 2.56. The highest BCUT2D eigenvalue weighted by molar-refractivity contribution is 8.00. The molecule has 2 aromatic carbocycles. The lowest BCUT2D eigenvalue weighted by Gasteiger charge is -2.63. The number of anilines is 1. The van der Waals surface area contributed by atoms with Crippen molar-refractivity contribution in [3.8, 4) is 17.6 Å². The molecule has 5 aliphatic heterocycles. The van der Waals surface area contributed by atoms with Gasteiger partial charge in [0.05, 0.1) is 54.2 Å². The van der Waals surface area contributed by atoms with Crippen molar-refractivity contribution in [2.24, 2.45) is 39.0 Å². The van der Waals surface area contributed by atoms with Crippen molar-refractivity contribution >= 4 is 29.3 Å². The van der Waals surface area contributed by atoms with Crippen molar-refractivity contribution < 1.29 is 20.4 Å². The number of rotatable bonds is 14. The average molecular weight is 1010 g/mol. The summed E-state index contributed by atoms with van der Waals surface area (Å²) in [5.74, 6) is 3.48. The van der Waals surface area contributed by atoms with E-state index < -0.39 is 0 Å². The first-order chi connectivity index (χ1) is 34.7. The SMILES string of the molecule is CC.CCCCc1cc(OC2C(C)(C)C(NC(=O)c3cnc(N4CCC[C@@]5(CC[C@H](COc6ccc(C7=N[C@@H](CC8NCCO8)C8NNC(C)N8C8SC(C)C(C)C78)cc6)C5)C4)nc3)C2(C)C)ccc1C#N.[HH]. The maximum absolute atomic E-state index is 13.8. The predicted octanol–water partition coefficient (Wildman–Crippen LogP) is 9.34. The summed E-state index contributed by atoms with van der Waals surface area (Å²) in [5, 5.41) is 17.4. The molecule has 0 bridgehead atoms. The molecule has 2 saturated carbocycles. The van der Waals surface area contributed by atoms with Gasteiger partial charge < -0.3 is 24.4 Å². The Morgan fingerprint density at radius 2 is 1.78 bits per heavy atom. The Balaban J connectivity index is 0.00000234. The number of thioether (sulfide) groups is 1. The van der Waals surface area contributed by atoms with Crippen molar-refractivity contribution in [2.75, 3.05) is 37.7 Å². The number of nitriles is 1. The maximum atomic E-state index is 13.8. The van der Waals surface area contributed by atoms with Crippen molar-refractivity contribution in [3.63, 3.8) is 0 Å². The van der Waals surface area contributed by atoms with Gasteiger partial charge in [0.2, 0.25) is 5.95 Å². The summed E-state index contributed by atoms with van der Waals surface area (Å²) in [5.41, 5.74) is 11.3. The van der Waals surface area contributed by atoms with Gasteiger partial charge in [0, 0.05) is 73.6 Å². The van der Waals surface area contributed by atoms with E-state index in [2.05, 4.69) is 129 Å². The van der Waals surface area contributed by atoms with E-state index in [9.17, 15) is 10.1 Å². The minimum absolute atomic E-state index is 0. The number of aromatic nitrogens is 2. The van der Waals surface area contributed by atoms with Crippen LogP contribution in [0.15, 0.2) is 59.9 Å². The number of nitrogens with zero attached hydrogens (tertiary/aromatic N) is 6. The molecule has 3 aromatic rings. The molecule has 0 radical (unpaired) electrons. The van der Waals surface area contributed by atoms with Gasteiger partial charge in [-0.3, -0.25) is 20.0 Å². The Morgan fingerprint density at radius 3 is 2.49 bits per heavy atom. The van der Waals surface area contributed by atoms with Crippen LogP contribution in [0.4, 0.5) is 5.95 Å². The average Bonchev–Trinajstić information content (AvgIpc) is 4.19. The molecule has 1 spiro atoms. The molecule has 6 fully saturated rings. The van der Waals surface area contributed by atoms with Crippen LogP contribution in [-0.2, 0) is 11.2 Å². The predicted molar refractivity (Wildman–Crippen MR) is 289 cm³/mol. The number of hydrogen-bond donors (Lipinski definition) is 4. The number of hydrazine groups is 1. The zero-order valence-electron chi connectivity index (χ0n) is 44.7. The van der Waals surface area contributed by atoms with E-state index in [1.807, 2.05) is 32.0 Å². The van der Waals surface area contributed by atoms with Crippen LogP contribution in [0.5, 0.6) is 11.5 Å². The first-order valence-corrected chi connectivity index (χ1v) is 28.3. The number of aryl methyl sites for hydroxylation is 1. The molecule has 4 saturated heterocycles. The fourth-order valence-corrected chi connectivity index (χ4v) is 15.6. The first kappa shape index (κ1) is 52.6. The topological polar surface area (TPSA) is 161 Å². The monoisotopic (exact) mass is 1000 g/mol. The van der Waals surface area contributed by atoms with Gasteiger partial charge in [-0.25, -0.2) is 20.8 Å². The van der Waals surface area contributed by atoms with Crippen LogP contribution in [0.2, 0.25) is 0 Å². The molecule has 14 nitrogen and oxygen atoms in total. The van der Waals surface area contributed by atoms with Gasteiger partial charge in [-0.15, -0.1) is 11.8 Å². The molecule has 7 unspecified atom stereocenters. The number of aliphatic imine (C=N–C) groups is 1. The quantitative estimate of drug-likeness (QED) is 0.121. The Kier molecular flexibility index (Phi) is 16.0. The number of fused-ring (bicyclic) bond motifs is 3. The molecule has 4 N–H and O–H groups in total. The Hall–Kier alpha value is -4.30. The molecule has 6 heterocycles. The van der Waals surface area contributed by atoms with Gasteiger partial charge in [-0.2, -0.15) is 5.26 Å². The normalized spacial score (nSPS) is 33.4. The lowest BCUT2D eigenvalue weighted by atomic mass is 9.49. The third-order valence-electron chi connectivity index (χ3n) is 17.4. The third-order valence-corrected chi connectivity index (χ3v) is 19.0. The zero-order valence-corrected chi connectivity index (χ0v) is 45.5. The fourth-order valence-electron chi connectivity index (χ4n) is 13.8. The Labute approximate surface area is 435 Å². The van der Waals surface area contributed by atoms with E-state index in [-0.39, 0.29) is 60.3 Å². The summed E-state index contributed by atoms with van der Waals surface area (Å²) < 4.78 is 19.3. The van der Waals surface area contributed by atoms with Gasteiger partial charge >= 0.3 is 0 Å². The van der Waals surface area contributed by atoms with Gasteiger partial charge in [0.1, 0.15) is 23.8 Å². The third kappa shape index (κ3) is 10.4. The summed E-state index contributed by atoms with van der Waals surface area (Å²) in [4.78, 5) is 33.9. The molecule has 1 aromatic heterocycles. The van der Waals surface area contributed by atoms with Gasteiger partial charge in [-0.1, -0.05) is 68.7 Å². The summed E-state index contributed by atoms with van der Waals surface area (Å²) in [6.07, 6.45) is 13.0. The molecular formula is C57H84N10O4S. The number of benzene rings is 2. The lowest BCUT2D eigenvalue weighted by molar-refractivity contribution is -0.164. The standard InChI is InChI=1S/C55H76N10O4S.C2H6.H2/c1-9-10-12-38-25-42(18-15-39(38)28-56)69-51-53(5,6)50(54(51,7)8)61-48(66)40-29-58-52(59-30-40)64-23-11-20-55(32-64)21-19-36(27-55)31-68-41-16-13-37(14-17-41)46-45-33(2)34(3)70-49(45)65-35(4)62-63-47(65)43(60-46)26-44-57-22-24-67-44;1-2;/h13-18,25,29-30,33-36,43-45,47,49-51,57,62-63H,9-12,19-24,26-27,31-32H2,1-8H3,(H,61,66);1-2H3;1H/t33?,34?,35?,36-,43-,44?,45?,47?,49?,50?,51?,55-;;/m0../s1. The van der Waals surface area contributed by atoms with E-state index >= 15 is 0 Å². The van der Waals surface area contributed by atoms with Crippen LogP contribution in [0.3, 0.4) is 0 Å². The second-order valence-electron chi connectivity index (χ2n) is 22.9. The minimum atomic E-state index is -0.337. The molecule has 72 heavy (non-hydrogen) atoms. The second-order valence-corrected chi connectivity index (χ2v) is 24.4. The minimum Gasteiger partial charge on any atom is -0.493 e. The smallest absolute Gasteiger partial charge is 0.254 e. The van der Waals surface area contributed by atoms with E-state index in [4.69, 9.17) is 29.2 Å². The summed E-state index contributed by atoms with van der Waals surface area (Å²) in [6.45, 7) is 26.0. The van der Waals surface area contributed by atoms with Gasteiger partial charge in [0.25, 0.3) is 5.91 Å². The zero-order chi connectivity index (χ0) is 51.0. The molecular weight excluding hydrogens is 921 g/mol. The number of nitrogens with one attached hydrogen (secondary N) is 4. The molecule has 392 valence electrons. The van der Waals surface area contributed by atoms with Crippen LogP contribution in [-0.4, -0.2) is 107 Å². The van der Waals surface area contributed by atoms with Crippen molar-refractivity contribution in [1.82, 2.24) is 36.4 Å². The summed E-state index contributed by atoms with van der Waals surface area (Å²) in [7, 11) is 0. The number of carbonyl (C=O) groups is 1. The molecule has 10 atom stereocenters. The highest BCUT2D eigenvalue weighted by Gasteiger charge is 2.64. The van der Waals surface area contributed by atoms with Gasteiger partial charge in [0.15, 0.2) is 0 Å². The van der Waals surface area contributed by atoms with E-state index in [0.717, 1.165) is 88.2 Å². The Bertz CT molecular complexity index is 2410. The largest absolute Gasteiger partial charge is 0.493 e. The Morgan fingerprint density at radius 1 is 1.03 bits per heavy atom. The van der Waals surface area contributed by atoms with E-state index in [1.54, 1.807) is 12.4 Å². The van der Waals surface area contributed by atoms with E-state index in [1.165, 1.54) is 24.1 Å². The van der Waals surface area contributed by atoms with Crippen molar-refractivity contribution in [2.45, 2.75) is 174 Å². The highest BCUT2D eigenvalue weighted by atomic mass is 32.2. The summed E-state index contributed by atoms with van der Waals surface area (Å²) in [6, 6.07) is 16.8.